The lowest BCUT2D eigenvalue weighted by Gasteiger charge is -2.04. The summed E-state index contributed by atoms with van der Waals surface area (Å²) >= 11 is 5.21. The van der Waals surface area contributed by atoms with Crippen LogP contribution in [0.4, 0.5) is 0 Å². The summed E-state index contributed by atoms with van der Waals surface area (Å²) in [6.07, 6.45) is -0.0631. The molecule has 1 rings (SSSR count). The molecule has 72 valence electrons. The normalized spacial score (nSPS) is 9.50. The molecule has 14 heavy (non-hydrogen) atoms. The Morgan fingerprint density at radius 2 is 2.29 bits per heavy atom. The van der Waals surface area contributed by atoms with Gasteiger partial charge in [-0.15, -0.1) is 0 Å². The Morgan fingerprint density at radius 1 is 1.64 bits per heavy atom. The molecule has 0 fully saturated rings. The minimum atomic E-state index is -0.898. The lowest BCUT2D eigenvalue weighted by Crippen LogP contribution is -2.03. The lowest BCUT2D eigenvalue weighted by molar-refractivity contribution is -0.136. The maximum Gasteiger partial charge on any atom is 0.307 e. The van der Waals surface area contributed by atoms with Crippen molar-refractivity contribution in [3.63, 3.8) is 0 Å². The molecule has 0 aliphatic rings. The van der Waals surface area contributed by atoms with Crippen LogP contribution in [0.5, 0.6) is 0 Å². The number of hydrogen-bond donors (Lipinski definition) is 1. The van der Waals surface area contributed by atoms with E-state index in [-0.39, 0.29) is 6.42 Å². The van der Waals surface area contributed by atoms with Gasteiger partial charge in [-0.1, -0.05) is 15.9 Å². The molecule has 0 aliphatic carbocycles. The molecule has 0 heterocycles. The number of nitrogens with zero attached hydrogens (tertiary/aromatic N) is 1. The average molecular weight is 366 g/mol. The summed E-state index contributed by atoms with van der Waals surface area (Å²) in [6, 6.07) is 5.41. The molecule has 0 unspecified atom stereocenters. The van der Waals surface area contributed by atoms with E-state index in [9.17, 15) is 4.79 Å². The first kappa shape index (κ1) is 11.5. The van der Waals surface area contributed by atoms with E-state index in [2.05, 4.69) is 15.9 Å². The summed E-state index contributed by atoms with van der Waals surface area (Å²) < 4.78 is 1.43. The van der Waals surface area contributed by atoms with Gasteiger partial charge in [-0.3, -0.25) is 4.79 Å². The Hall–Kier alpha value is -0.610. The van der Waals surface area contributed by atoms with Gasteiger partial charge in [-0.2, -0.15) is 5.26 Å². The van der Waals surface area contributed by atoms with E-state index in [1.165, 1.54) is 0 Å². The third-order valence-electron chi connectivity index (χ3n) is 1.57. The molecule has 0 amide bonds. The van der Waals surface area contributed by atoms with Crippen molar-refractivity contribution < 1.29 is 9.90 Å². The highest BCUT2D eigenvalue weighted by Crippen LogP contribution is 2.23. The van der Waals surface area contributed by atoms with Crippen molar-refractivity contribution in [1.82, 2.24) is 0 Å². The van der Waals surface area contributed by atoms with Crippen LogP contribution >= 0.6 is 38.5 Å². The summed E-state index contributed by atoms with van der Waals surface area (Å²) in [5.41, 5.74) is 1.15. The summed E-state index contributed by atoms with van der Waals surface area (Å²) in [7, 11) is 0. The maximum atomic E-state index is 10.5. The van der Waals surface area contributed by atoms with E-state index in [0.29, 0.717) is 14.7 Å². The largest absolute Gasteiger partial charge is 0.481 e. The monoisotopic (exact) mass is 365 g/mol. The van der Waals surface area contributed by atoms with Gasteiger partial charge in [0.2, 0.25) is 0 Å². The maximum absolute atomic E-state index is 10.5. The Bertz CT molecular complexity index is 426. The van der Waals surface area contributed by atoms with E-state index in [1.54, 1.807) is 12.1 Å². The van der Waals surface area contributed by atoms with E-state index in [0.717, 1.165) is 4.47 Å². The molecule has 0 bridgehead atoms. The number of hydrogen-bond acceptors (Lipinski definition) is 2. The molecule has 1 aromatic carbocycles. The lowest BCUT2D eigenvalue weighted by atomic mass is 10.1. The third-order valence-corrected chi connectivity index (χ3v) is 3.31. The first-order valence-electron chi connectivity index (χ1n) is 3.64. The fraction of sp³-hybridized carbons (Fsp3) is 0.111. The number of aliphatic carboxylic acids is 1. The van der Waals surface area contributed by atoms with Crippen LogP contribution in [0.25, 0.3) is 0 Å². The standard InChI is InChI=1S/C9H5BrINO2/c10-7-1-5(3-8(13)14)9(11)6(2-7)4-12/h1-2H,3H2,(H,13,14). The highest BCUT2D eigenvalue weighted by atomic mass is 127. The van der Waals surface area contributed by atoms with Gasteiger partial charge in [0.1, 0.15) is 6.07 Å². The third kappa shape index (κ3) is 2.69. The molecule has 0 radical (unpaired) electrons. The Morgan fingerprint density at radius 3 is 2.79 bits per heavy atom. The minimum Gasteiger partial charge on any atom is -0.481 e. The Balaban J connectivity index is 3.23. The van der Waals surface area contributed by atoms with Crippen molar-refractivity contribution in [2.75, 3.05) is 0 Å². The van der Waals surface area contributed by atoms with E-state index in [1.807, 2.05) is 28.7 Å². The minimum absolute atomic E-state index is 0.0631. The fourth-order valence-corrected chi connectivity index (χ4v) is 2.15. The summed E-state index contributed by atoms with van der Waals surface area (Å²) in [4.78, 5) is 10.5. The molecule has 1 aromatic rings. The molecule has 0 aliphatic heterocycles. The second kappa shape index (κ2) is 4.75. The number of rotatable bonds is 2. The van der Waals surface area contributed by atoms with Gasteiger partial charge in [-0.05, 0) is 40.3 Å². The molecule has 1 N–H and O–H groups in total. The van der Waals surface area contributed by atoms with Crippen molar-refractivity contribution in [1.29, 1.82) is 5.26 Å². The van der Waals surface area contributed by atoms with Gasteiger partial charge >= 0.3 is 5.97 Å². The number of carboxylic acid groups (broad SMARTS) is 1. The first-order chi connectivity index (χ1) is 6.54. The molecule has 0 saturated carbocycles. The number of halogens is 2. The summed E-state index contributed by atoms with van der Waals surface area (Å²) in [6.45, 7) is 0. The van der Waals surface area contributed by atoms with Gasteiger partial charge in [0.25, 0.3) is 0 Å². The highest BCUT2D eigenvalue weighted by Gasteiger charge is 2.10. The highest BCUT2D eigenvalue weighted by molar-refractivity contribution is 14.1. The van der Waals surface area contributed by atoms with Crippen LogP contribution in [0.3, 0.4) is 0 Å². The Kier molecular flexibility index (Phi) is 3.89. The van der Waals surface area contributed by atoms with Crippen molar-refractivity contribution in [2.24, 2.45) is 0 Å². The van der Waals surface area contributed by atoms with E-state index in [4.69, 9.17) is 10.4 Å². The van der Waals surface area contributed by atoms with Crippen LogP contribution in [-0.2, 0) is 11.2 Å². The number of carboxylic acids is 1. The van der Waals surface area contributed by atoms with Crippen molar-refractivity contribution in [3.05, 3.63) is 31.3 Å². The first-order valence-corrected chi connectivity index (χ1v) is 5.51. The van der Waals surface area contributed by atoms with Gasteiger partial charge < -0.3 is 5.11 Å². The molecule has 0 aromatic heterocycles. The quantitative estimate of drug-likeness (QED) is 0.819. The smallest absolute Gasteiger partial charge is 0.307 e. The second-order valence-corrected chi connectivity index (χ2v) is 4.60. The Labute approximate surface area is 103 Å². The zero-order chi connectivity index (χ0) is 10.7. The summed E-state index contributed by atoms with van der Waals surface area (Å²) in [5.74, 6) is -0.898. The zero-order valence-electron chi connectivity index (χ0n) is 6.92. The van der Waals surface area contributed by atoms with Crippen LogP contribution in [0.15, 0.2) is 16.6 Å². The van der Waals surface area contributed by atoms with Gasteiger partial charge in [0.05, 0.1) is 12.0 Å². The molecule has 0 spiro atoms. The van der Waals surface area contributed by atoms with E-state index < -0.39 is 5.97 Å². The van der Waals surface area contributed by atoms with Crippen LogP contribution < -0.4 is 0 Å². The number of benzene rings is 1. The molecule has 0 atom stereocenters. The molecule has 0 saturated heterocycles. The predicted octanol–water partition coefficient (Wildman–Crippen LogP) is 2.55. The second-order valence-electron chi connectivity index (χ2n) is 2.61. The molecule has 5 heteroatoms. The number of nitriles is 1. The fourth-order valence-electron chi connectivity index (χ4n) is 1.02. The SMILES string of the molecule is N#Cc1cc(Br)cc(CC(=O)O)c1I. The molecule has 3 nitrogen and oxygen atoms in total. The topological polar surface area (TPSA) is 61.1 Å². The van der Waals surface area contributed by atoms with Gasteiger partial charge in [0, 0.05) is 8.04 Å². The van der Waals surface area contributed by atoms with Crippen molar-refractivity contribution in [3.8, 4) is 6.07 Å². The van der Waals surface area contributed by atoms with Crippen LogP contribution in [0, 0.1) is 14.9 Å². The molecular formula is C9H5BrINO2. The van der Waals surface area contributed by atoms with Crippen molar-refractivity contribution >= 4 is 44.5 Å². The average Bonchev–Trinajstić information content (AvgIpc) is 2.09. The zero-order valence-corrected chi connectivity index (χ0v) is 10.7. The van der Waals surface area contributed by atoms with Crippen LogP contribution in [0.1, 0.15) is 11.1 Å². The van der Waals surface area contributed by atoms with Gasteiger partial charge in [-0.25, -0.2) is 0 Å². The van der Waals surface area contributed by atoms with Crippen molar-refractivity contribution in [2.45, 2.75) is 6.42 Å². The summed E-state index contributed by atoms with van der Waals surface area (Å²) in [5, 5.41) is 17.4. The van der Waals surface area contributed by atoms with Crippen LogP contribution in [-0.4, -0.2) is 11.1 Å². The molecular weight excluding hydrogens is 361 g/mol. The predicted molar refractivity (Wildman–Crippen MR) is 62.9 cm³/mol. The van der Waals surface area contributed by atoms with E-state index >= 15 is 0 Å². The number of carbonyl (C=O) groups is 1. The van der Waals surface area contributed by atoms with Crippen LogP contribution in [0.2, 0.25) is 0 Å². The van der Waals surface area contributed by atoms with Gasteiger partial charge in [0.15, 0.2) is 0 Å².